The molecule has 116 valence electrons. The van der Waals surface area contributed by atoms with Crippen molar-refractivity contribution < 1.29 is 0 Å². The molecule has 4 rings (SSSR count). The van der Waals surface area contributed by atoms with Gasteiger partial charge in [0, 0.05) is 49.1 Å². The van der Waals surface area contributed by atoms with Crippen LogP contribution in [0.4, 0.5) is 5.69 Å². The number of nitrogens with one attached hydrogen (secondary N) is 1. The van der Waals surface area contributed by atoms with Crippen LogP contribution in [-0.4, -0.2) is 29.0 Å². The van der Waals surface area contributed by atoms with Gasteiger partial charge in [-0.3, -0.25) is 9.88 Å². The normalized spacial score (nSPS) is 18.3. The van der Waals surface area contributed by atoms with E-state index in [4.69, 9.17) is 0 Å². The van der Waals surface area contributed by atoms with E-state index < -0.39 is 0 Å². The Balaban J connectivity index is 1.39. The molecular weight excluding hydrogens is 282 g/mol. The van der Waals surface area contributed by atoms with Crippen molar-refractivity contribution in [3.05, 3.63) is 72.6 Å². The molecule has 3 heteroatoms. The molecule has 0 spiro atoms. The van der Waals surface area contributed by atoms with E-state index >= 15 is 0 Å². The molecule has 1 aromatic heterocycles. The molecule has 3 nitrogen and oxygen atoms in total. The molecular formula is C20H21N3. The predicted octanol–water partition coefficient (Wildman–Crippen LogP) is 3.92. The number of hydrogen-bond acceptors (Lipinski definition) is 3. The predicted molar refractivity (Wildman–Crippen MR) is 95.5 cm³/mol. The van der Waals surface area contributed by atoms with Gasteiger partial charge in [-0.1, -0.05) is 36.4 Å². The topological polar surface area (TPSA) is 28.2 Å². The van der Waals surface area contributed by atoms with Crippen molar-refractivity contribution in [1.82, 2.24) is 9.88 Å². The first kappa shape index (κ1) is 14.2. The number of nitrogens with zero attached hydrogens (tertiary/aromatic N) is 2. The van der Waals surface area contributed by atoms with Crippen molar-refractivity contribution in [2.45, 2.75) is 19.0 Å². The minimum Gasteiger partial charge on any atom is -0.381 e. The van der Waals surface area contributed by atoms with Crippen molar-refractivity contribution in [2.75, 3.05) is 18.4 Å². The maximum atomic E-state index is 4.17. The molecule has 2 aromatic carbocycles. The van der Waals surface area contributed by atoms with Gasteiger partial charge in [0.1, 0.15) is 0 Å². The summed E-state index contributed by atoms with van der Waals surface area (Å²) in [5.74, 6) is 0. The standard InChI is InChI=1S/C20H21N3/c1-2-4-16(5-3-1)14-23-11-9-20(15-23)22-19-7-6-18-13-21-10-8-17(18)12-19/h1-8,10,12-13,20,22H,9,11,14-15H2. The molecule has 3 aromatic rings. The van der Waals surface area contributed by atoms with Gasteiger partial charge >= 0.3 is 0 Å². The summed E-state index contributed by atoms with van der Waals surface area (Å²) >= 11 is 0. The van der Waals surface area contributed by atoms with E-state index in [1.165, 1.54) is 28.4 Å². The van der Waals surface area contributed by atoms with E-state index in [1.807, 2.05) is 12.4 Å². The van der Waals surface area contributed by atoms with Gasteiger partial charge in [0.05, 0.1) is 0 Å². The van der Waals surface area contributed by atoms with Gasteiger partial charge in [0.15, 0.2) is 0 Å². The summed E-state index contributed by atoms with van der Waals surface area (Å²) in [6, 6.07) is 19.8. The van der Waals surface area contributed by atoms with Crippen molar-refractivity contribution in [1.29, 1.82) is 0 Å². The molecule has 23 heavy (non-hydrogen) atoms. The second kappa shape index (κ2) is 6.39. The molecule has 1 fully saturated rings. The van der Waals surface area contributed by atoms with Crippen LogP contribution in [0.3, 0.4) is 0 Å². The number of aromatic nitrogens is 1. The van der Waals surface area contributed by atoms with Gasteiger partial charge in [-0.05, 0) is 35.6 Å². The third kappa shape index (κ3) is 3.35. The lowest BCUT2D eigenvalue weighted by Crippen LogP contribution is -2.25. The average Bonchev–Trinajstić information content (AvgIpc) is 3.02. The quantitative estimate of drug-likeness (QED) is 0.792. The number of anilines is 1. The number of rotatable bonds is 4. The van der Waals surface area contributed by atoms with Crippen LogP contribution in [-0.2, 0) is 6.54 Å². The first-order valence-corrected chi connectivity index (χ1v) is 8.23. The summed E-state index contributed by atoms with van der Waals surface area (Å²) in [5.41, 5.74) is 2.60. The highest BCUT2D eigenvalue weighted by Crippen LogP contribution is 2.21. The average molecular weight is 303 g/mol. The summed E-state index contributed by atoms with van der Waals surface area (Å²) in [6.45, 7) is 3.30. The Labute approximate surface area is 137 Å². The monoisotopic (exact) mass is 303 g/mol. The summed E-state index contributed by atoms with van der Waals surface area (Å²) in [6.07, 6.45) is 4.96. The molecule has 1 aliphatic rings. The lowest BCUT2D eigenvalue weighted by molar-refractivity contribution is 0.328. The highest BCUT2D eigenvalue weighted by Gasteiger charge is 2.22. The zero-order valence-corrected chi connectivity index (χ0v) is 13.2. The van der Waals surface area contributed by atoms with Gasteiger partial charge in [0.2, 0.25) is 0 Å². The maximum Gasteiger partial charge on any atom is 0.0400 e. The fraction of sp³-hybridized carbons (Fsp3) is 0.250. The van der Waals surface area contributed by atoms with Crippen molar-refractivity contribution in [2.24, 2.45) is 0 Å². The summed E-state index contributed by atoms with van der Waals surface area (Å²) in [4.78, 5) is 6.69. The minimum absolute atomic E-state index is 0.526. The number of likely N-dealkylation sites (tertiary alicyclic amines) is 1. The van der Waals surface area contributed by atoms with Crippen LogP contribution in [0.25, 0.3) is 10.8 Å². The lowest BCUT2D eigenvalue weighted by atomic mass is 10.1. The second-order valence-corrected chi connectivity index (χ2v) is 6.29. The Morgan fingerprint density at radius 3 is 2.87 bits per heavy atom. The highest BCUT2D eigenvalue weighted by atomic mass is 15.2. The molecule has 0 amide bonds. The van der Waals surface area contributed by atoms with E-state index in [0.29, 0.717) is 6.04 Å². The Morgan fingerprint density at radius 1 is 1.04 bits per heavy atom. The van der Waals surface area contributed by atoms with Crippen LogP contribution in [0, 0.1) is 0 Å². The van der Waals surface area contributed by atoms with Crippen LogP contribution < -0.4 is 5.32 Å². The van der Waals surface area contributed by atoms with Crippen LogP contribution >= 0.6 is 0 Å². The third-order valence-corrected chi connectivity index (χ3v) is 4.53. The fourth-order valence-electron chi connectivity index (χ4n) is 3.34. The van der Waals surface area contributed by atoms with Crippen LogP contribution in [0.1, 0.15) is 12.0 Å². The molecule has 1 aliphatic heterocycles. The van der Waals surface area contributed by atoms with E-state index in [9.17, 15) is 0 Å². The summed E-state index contributed by atoms with van der Waals surface area (Å²) < 4.78 is 0. The number of hydrogen-bond donors (Lipinski definition) is 1. The molecule has 1 N–H and O–H groups in total. The molecule has 1 unspecified atom stereocenters. The van der Waals surface area contributed by atoms with Crippen molar-refractivity contribution >= 4 is 16.5 Å². The highest BCUT2D eigenvalue weighted by molar-refractivity contribution is 5.84. The Kier molecular flexibility index (Phi) is 3.95. The molecule has 0 aliphatic carbocycles. The van der Waals surface area contributed by atoms with Crippen LogP contribution in [0.5, 0.6) is 0 Å². The van der Waals surface area contributed by atoms with E-state index in [0.717, 1.165) is 19.6 Å². The zero-order valence-electron chi connectivity index (χ0n) is 13.2. The maximum absolute atomic E-state index is 4.17. The Bertz CT molecular complexity index is 785. The first-order chi connectivity index (χ1) is 11.4. The lowest BCUT2D eigenvalue weighted by Gasteiger charge is -2.17. The number of fused-ring (bicyclic) bond motifs is 1. The van der Waals surface area contributed by atoms with E-state index in [1.54, 1.807) is 0 Å². The van der Waals surface area contributed by atoms with Crippen LogP contribution in [0.15, 0.2) is 67.0 Å². The first-order valence-electron chi connectivity index (χ1n) is 8.23. The number of benzene rings is 2. The van der Waals surface area contributed by atoms with E-state index in [2.05, 4.69) is 69.8 Å². The summed E-state index contributed by atoms with van der Waals surface area (Å²) in [7, 11) is 0. The molecule has 0 saturated carbocycles. The molecule has 1 saturated heterocycles. The molecule has 0 bridgehead atoms. The van der Waals surface area contributed by atoms with Crippen molar-refractivity contribution in [3.63, 3.8) is 0 Å². The zero-order chi connectivity index (χ0) is 15.5. The van der Waals surface area contributed by atoms with Gasteiger partial charge in [-0.2, -0.15) is 0 Å². The van der Waals surface area contributed by atoms with Crippen molar-refractivity contribution in [3.8, 4) is 0 Å². The number of pyridine rings is 1. The minimum atomic E-state index is 0.526. The Hall–Kier alpha value is -2.39. The second-order valence-electron chi connectivity index (χ2n) is 6.29. The van der Waals surface area contributed by atoms with Gasteiger partial charge < -0.3 is 5.32 Å². The van der Waals surface area contributed by atoms with Gasteiger partial charge in [-0.15, -0.1) is 0 Å². The third-order valence-electron chi connectivity index (χ3n) is 4.53. The van der Waals surface area contributed by atoms with E-state index in [-0.39, 0.29) is 0 Å². The molecule has 2 heterocycles. The fourth-order valence-corrected chi connectivity index (χ4v) is 3.34. The SMILES string of the molecule is c1ccc(CN2CCC(Nc3ccc4cnccc4c3)C2)cc1. The van der Waals surface area contributed by atoms with Crippen LogP contribution in [0.2, 0.25) is 0 Å². The van der Waals surface area contributed by atoms with Gasteiger partial charge in [-0.25, -0.2) is 0 Å². The smallest absolute Gasteiger partial charge is 0.0400 e. The largest absolute Gasteiger partial charge is 0.381 e. The molecule has 1 atom stereocenters. The summed E-state index contributed by atoms with van der Waals surface area (Å²) in [5, 5.41) is 6.12. The Morgan fingerprint density at radius 2 is 1.96 bits per heavy atom. The van der Waals surface area contributed by atoms with Gasteiger partial charge in [0.25, 0.3) is 0 Å². The molecule has 0 radical (unpaired) electrons.